The molecule has 8 N–H and O–H groups in total. The third kappa shape index (κ3) is 8.34. The summed E-state index contributed by atoms with van der Waals surface area (Å²) in [5.41, 5.74) is 5.51. The fourth-order valence-corrected chi connectivity index (χ4v) is 9.37. The molecule has 23 heteroatoms. The summed E-state index contributed by atoms with van der Waals surface area (Å²) < 4.78 is 2.00. The van der Waals surface area contributed by atoms with Gasteiger partial charge in [-0.15, -0.1) is 11.8 Å². The number of aryl methyl sites for hydroxylation is 1. The molecule has 0 saturated carbocycles. The Hall–Kier alpha value is -4.38. The number of aliphatic carboxylic acids is 3. The number of nitrogens with zero attached hydrogens (tertiary/aromatic N) is 5. The van der Waals surface area contributed by atoms with Gasteiger partial charge in [0.2, 0.25) is 6.10 Å². The molecule has 6 rings (SSSR count). The zero-order chi connectivity index (χ0) is 39.9. The maximum absolute atomic E-state index is 13.7. The molecule has 3 atom stereocenters. The van der Waals surface area contributed by atoms with Crippen molar-refractivity contribution in [2.75, 3.05) is 31.1 Å². The molecular formula is C33H35ClN7NaO12S2+2. The first-order valence-electron chi connectivity index (χ1n) is 16.8. The van der Waals surface area contributed by atoms with Crippen molar-refractivity contribution < 1.29 is 88.4 Å². The number of phenols is 2. The molecule has 5 heterocycles. The Balaban J connectivity index is 0.00000600. The Bertz CT molecular complexity index is 2260. The van der Waals surface area contributed by atoms with E-state index in [1.807, 2.05) is 6.92 Å². The van der Waals surface area contributed by atoms with E-state index in [-0.39, 0.29) is 85.8 Å². The molecule has 292 valence electrons. The van der Waals surface area contributed by atoms with Crippen LogP contribution in [0.2, 0.25) is 4.34 Å². The standard InChI is InChI=1S/C33H34ClN7O12S2.Na/c1-2-39-10-14(26(46)16-7-18(42)19(43)8-17(16)39)11-41(5-3-4-6-41)12-15-13-54-30-24(29(48)40(30)25(15)32(51)52)36-28(47)23(22-27(34)55-33(35)37-22)38-53-20(31(49)50)9-21(44)45;/h7-8,10,20,24,30H,2-6,9,11-13H2,1H3,(H7-,35,36,37,38,42,43,44,45,46,47,49,50,51,52);/q;+1/p+1/t20-,24+,30+;/m0./s1. The van der Waals surface area contributed by atoms with Gasteiger partial charge < -0.3 is 50.5 Å². The van der Waals surface area contributed by atoms with Crippen LogP contribution in [0.5, 0.6) is 11.5 Å². The van der Waals surface area contributed by atoms with Crippen LogP contribution in [0.1, 0.15) is 37.4 Å². The number of nitrogens with two attached hydrogens (primary N) is 1. The third-order valence-corrected chi connectivity index (χ3v) is 12.0. The number of carbonyl (C=O) groups excluding carboxylic acids is 2. The van der Waals surface area contributed by atoms with Crippen molar-refractivity contribution in [3.8, 4) is 11.5 Å². The van der Waals surface area contributed by atoms with E-state index in [1.54, 1.807) is 10.8 Å². The van der Waals surface area contributed by atoms with Crippen LogP contribution < -0.4 is 46.0 Å². The number of thiazole rings is 1. The number of carboxylic acid groups (broad SMARTS) is 3. The van der Waals surface area contributed by atoms with E-state index in [1.165, 1.54) is 23.9 Å². The van der Waals surface area contributed by atoms with Crippen LogP contribution in [0.3, 0.4) is 0 Å². The van der Waals surface area contributed by atoms with Crippen LogP contribution >= 0.6 is 34.7 Å². The Morgan fingerprint density at radius 2 is 1.80 bits per heavy atom. The summed E-state index contributed by atoms with van der Waals surface area (Å²) in [5.74, 6) is -7.03. The normalized spacial score (nSPS) is 19.5. The molecule has 0 bridgehead atoms. The zero-order valence-corrected chi connectivity index (χ0v) is 34.3. The van der Waals surface area contributed by atoms with E-state index in [0.717, 1.165) is 29.1 Å². The SMILES string of the molecule is CCn1cc(C[N+]2(CC3=C(C(=O)O)N4C(=O)[C@@H](NC(=O)/C(=N\O[C@@H](CC(=O)O)C(=O)O)c5nc(N)sc5Cl)[C@H]4SC3)CCCC2)c(=O)c2cc(O)c(O)cc21.[Na+]. The number of phenolic OH excluding ortho intramolecular Hbond substituents is 2. The molecule has 2 fully saturated rings. The number of anilines is 1. The number of hydrogen-bond acceptors (Lipinski definition) is 14. The van der Waals surface area contributed by atoms with Gasteiger partial charge in [-0.05, 0) is 13.0 Å². The fraction of sp³-hybridized carbons (Fsp3) is 0.394. The number of carboxylic acids is 3. The molecule has 0 aliphatic carbocycles. The van der Waals surface area contributed by atoms with Gasteiger partial charge in [0.05, 0.1) is 36.0 Å². The number of rotatable bonds is 14. The first-order chi connectivity index (χ1) is 26.0. The van der Waals surface area contributed by atoms with Crippen LogP contribution in [0.25, 0.3) is 10.9 Å². The topological polar surface area (TPSA) is 284 Å². The number of β-lactam (4-membered cyclic amide) rings is 1. The van der Waals surface area contributed by atoms with Gasteiger partial charge in [-0.3, -0.25) is 24.1 Å². The van der Waals surface area contributed by atoms with Gasteiger partial charge in [0.1, 0.15) is 40.2 Å². The summed E-state index contributed by atoms with van der Waals surface area (Å²) in [4.78, 5) is 86.3. The van der Waals surface area contributed by atoms with Crippen molar-refractivity contribution in [3.63, 3.8) is 0 Å². The van der Waals surface area contributed by atoms with Gasteiger partial charge in [0.15, 0.2) is 27.8 Å². The molecule has 2 aromatic heterocycles. The number of thioether (sulfide) groups is 1. The van der Waals surface area contributed by atoms with Crippen molar-refractivity contribution in [3.05, 3.63) is 55.4 Å². The summed E-state index contributed by atoms with van der Waals surface area (Å²) in [7, 11) is 0. The molecule has 3 aliphatic heterocycles. The second kappa shape index (κ2) is 17.0. The molecule has 3 aromatic rings. The molecule has 56 heavy (non-hydrogen) atoms. The number of halogens is 1. The smallest absolute Gasteiger partial charge is 0.504 e. The van der Waals surface area contributed by atoms with Crippen LogP contribution in [-0.2, 0) is 41.9 Å². The van der Waals surface area contributed by atoms with Crippen LogP contribution in [0.15, 0.2) is 39.5 Å². The zero-order valence-electron chi connectivity index (χ0n) is 29.9. The molecule has 19 nitrogen and oxygen atoms in total. The third-order valence-electron chi connectivity index (χ3n) is 9.62. The number of quaternary nitrogens is 1. The number of aromatic nitrogens is 2. The van der Waals surface area contributed by atoms with Crippen LogP contribution in [-0.4, -0.2) is 123 Å². The minimum Gasteiger partial charge on any atom is -0.504 e. The quantitative estimate of drug-likeness (QED) is 0.0239. The number of nitrogens with one attached hydrogen (secondary N) is 1. The predicted molar refractivity (Wildman–Crippen MR) is 198 cm³/mol. The number of carbonyl (C=O) groups is 5. The molecule has 2 saturated heterocycles. The van der Waals surface area contributed by atoms with E-state index in [4.69, 9.17) is 27.3 Å². The van der Waals surface area contributed by atoms with E-state index in [2.05, 4.69) is 15.5 Å². The van der Waals surface area contributed by atoms with Crippen molar-refractivity contribution in [2.45, 2.75) is 56.8 Å². The largest absolute Gasteiger partial charge is 1.00 e. The average molecular weight is 844 g/mol. The first kappa shape index (κ1) is 42.8. The number of likely N-dealkylation sites (tertiary alicyclic amines) is 1. The number of amides is 2. The van der Waals surface area contributed by atoms with Gasteiger partial charge >= 0.3 is 47.5 Å². The summed E-state index contributed by atoms with van der Waals surface area (Å²) >= 11 is 8.16. The Labute approximate surface area is 352 Å². The predicted octanol–water partition coefficient (Wildman–Crippen LogP) is -1.67. The number of aromatic hydroxyl groups is 2. The van der Waals surface area contributed by atoms with E-state index >= 15 is 0 Å². The van der Waals surface area contributed by atoms with E-state index in [9.17, 15) is 49.2 Å². The molecule has 1 aromatic carbocycles. The molecule has 0 unspecified atom stereocenters. The van der Waals surface area contributed by atoms with Crippen molar-refractivity contribution in [2.24, 2.45) is 5.16 Å². The molecule has 2 amide bonds. The maximum Gasteiger partial charge on any atom is 1.00 e. The summed E-state index contributed by atoms with van der Waals surface area (Å²) in [6, 6.07) is 1.31. The fourth-order valence-electron chi connectivity index (χ4n) is 7.11. The number of pyridine rings is 1. The summed E-state index contributed by atoms with van der Waals surface area (Å²) in [5, 5.41) is 54.4. The van der Waals surface area contributed by atoms with Gasteiger partial charge in [-0.25, -0.2) is 14.6 Å². The van der Waals surface area contributed by atoms with E-state index < -0.39 is 65.1 Å². The maximum atomic E-state index is 13.7. The Kier molecular flexibility index (Phi) is 13.0. The molecule has 0 radical (unpaired) electrons. The second-order valence-electron chi connectivity index (χ2n) is 13.2. The minimum atomic E-state index is -2.00. The number of hydrogen-bond donors (Lipinski definition) is 7. The average Bonchev–Trinajstić information content (AvgIpc) is 3.72. The number of oxime groups is 1. The summed E-state index contributed by atoms with van der Waals surface area (Å²) in [6.07, 6.45) is 0.353. The van der Waals surface area contributed by atoms with Gasteiger partial charge in [-0.2, -0.15) is 0 Å². The second-order valence-corrected chi connectivity index (χ2v) is 15.9. The molecule has 3 aliphatic rings. The minimum absolute atomic E-state index is 0. The van der Waals surface area contributed by atoms with E-state index in [0.29, 0.717) is 40.8 Å². The van der Waals surface area contributed by atoms with Crippen molar-refractivity contribution in [1.82, 2.24) is 19.8 Å². The number of nitrogen functional groups attached to an aromatic ring is 1. The van der Waals surface area contributed by atoms with Crippen molar-refractivity contribution >= 4 is 86.2 Å². The Morgan fingerprint density at radius 3 is 2.39 bits per heavy atom. The number of benzene rings is 1. The first-order valence-corrected chi connectivity index (χ1v) is 19.0. The van der Waals surface area contributed by atoms with Gasteiger partial charge in [0.25, 0.3) is 11.8 Å². The van der Waals surface area contributed by atoms with Crippen molar-refractivity contribution in [1.29, 1.82) is 0 Å². The van der Waals surface area contributed by atoms with Gasteiger partial charge in [-0.1, -0.05) is 28.1 Å². The van der Waals surface area contributed by atoms with Gasteiger partial charge in [0, 0.05) is 43.0 Å². The number of fused-ring (bicyclic) bond motifs is 2. The summed E-state index contributed by atoms with van der Waals surface area (Å²) in [6.45, 7) is 4.06. The van der Waals surface area contributed by atoms with Crippen LogP contribution in [0, 0.1) is 0 Å². The molecular weight excluding hydrogens is 809 g/mol. The monoisotopic (exact) mass is 843 g/mol. The molecule has 0 spiro atoms. The van der Waals surface area contributed by atoms with Crippen LogP contribution in [0.4, 0.5) is 5.13 Å². The Morgan fingerprint density at radius 1 is 1.12 bits per heavy atom.